The lowest BCUT2D eigenvalue weighted by Gasteiger charge is -2.38. The third-order valence-electron chi connectivity index (χ3n) is 6.67. The highest BCUT2D eigenvalue weighted by Gasteiger charge is 2.39. The number of carboxylic acid groups (broad SMARTS) is 1. The summed E-state index contributed by atoms with van der Waals surface area (Å²) in [5, 5.41) is 20.8. The van der Waals surface area contributed by atoms with E-state index in [0.717, 1.165) is 11.1 Å². The Kier molecular flexibility index (Phi) is 8.75. The molecule has 0 fully saturated rings. The Morgan fingerprint density at radius 2 is 1.64 bits per heavy atom. The van der Waals surface area contributed by atoms with Gasteiger partial charge in [0.25, 0.3) is 0 Å². The van der Waals surface area contributed by atoms with Crippen LogP contribution in [0.2, 0.25) is 0 Å². The number of aryl methyl sites for hydroxylation is 1. The first-order chi connectivity index (χ1) is 17.1. The zero-order chi connectivity index (χ0) is 26.5. The molecule has 0 unspecified atom stereocenters. The molecule has 0 saturated carbocycles. The predicted molar refractivity (Wildman–Crippen MR) is 139 cm³/mol. The Morgan fingerprint density at radius 1 is 0.917 bits per heavy atom. The fraction of sp³-hybridized carbons (Fsp3) is 0.367. The van der Waals surface area contributed by atoms with Gasteiger partial charge in [0.1, 0.15) is 23.9 Å². The van der Waals surface area contributed by atoms with Crippen LogP contribution in [0.25, 0.3) is 11.1 Å². The van der Waals surface area contributed by atoms with Gasteiger partial charge in [-0.3, -0.25) is 4.79 Å². The monoisotopic (exact) mass is 494 g/mol. The van der Waals surface area contributed by atoms with Crippen LogP contribution >= 0.6 is 0 Å². The molecule has 0 spiro atoms. The van der Waals surface area contributed by atoms with Crippen molar-refractivity contribution in [2.45, 2.75) is 52.7 Å². The van der Waals surface area contributed by atoms with Crippen LogP contribution in [0.15, 0.2) is 60.7 Å². The Hall–Kier alpha value is -3.38. The number of carbonyl (C=O) groups is 1. The zero-order valence-corrected chi connectivity index (χ0v) is 21.5. The molecule has 3 aromatic carbocycles. The number of hydrogen-bond acceptors (Lipinski definition) is 4. The van der Waals surface area contributed by atoms with Crippen molar-refractivity contribution in [2.75, 3.05) is 7.11 Å². The number of carboxylic acids is 1. The molecular weight excluding hydrogens is 459 g/mol. The minimum Gasteiger partial charge on any atom is -0.497 e. The number of rotatable bonds is 11. The van der Waals surface area contributed by atoms with E-state index >= 15 is 0 Å². The average molecular weight is 495 g/mol. The van der Waals surface area contributed by atoms with Gasteiger partial charge in [0.05, 0.1) is 12.7 Å². The van der Waals surface area contributed by atoms with Crippen LogP contribution in [0.4, 0.5) is 4.39 Å². The summed E-state index contributed by atoms with van der Waals surface area (Å²) in [6, 6.07) is 17.5. The molecule has 2 N–H and O–H groups in total. The topological polar surface area (TPSA) is 76.0 Å². The van der Waals surface area contributed by atoms with Gasteiger partial charge in [-0.25, -0.2) is 4.39 Å². The van der Waals surface area contributed by atoms with Crippen molar-refractivity contribution in [1.29, 1.82) is 0 Å². The summed E-state index contributed by atoms with van der Waals surface area (Å²) < 4.78 is 26.3. The zero-order valence-electron chi connectivity index (χ0n) is 21.5. The van der Waals surface area contributed by atoms with E-state index in [1.165, 1.54) is 13.2 Å². The SMILES string of the molecule is COc1ccc(F)c(-c2ccc(COc3cccc(CCC(=O)O)c3)cc2C(O)(C(C)C)C(C)C)c1. The second kappa shape index (κ2) is 11.6. The summed E-state index contributed by atoms with van der Waals surface area (Å²) in [7, 11) is 1.54. The molecular formula is C30H35FO5. The summed E-state index contributed by atoms with van der Waals surface area (Å²) >= 11 is 0. The third kappa shape index (κ3) is 6.05. The standard InChI is InChI=1S/C30H35FO5/c1-19(2)30(34,20(3)4)27-16-22(9-12-25(27)26-17-23(35-5)11-13-28(26)31)18-36-24-8-6-7-21(15-24)10-14-29(32)33/h6-9,11-13,15-17,19-20,34H,10,14,18H2,1-5H3,(H,32,33). The van der Waals surface area contributed by atoms with Crippen LogP contribution in [0, 0.1) is 17.7 Å². The normalized spacial score (nSPS) is 11.7. The highest BCUT2D eigenvalue weighted by molar-refractivity contribution is 5.71. The van der Waals surface area contributed by atoms with Crippen LogP contribution in [-0.2, 0) is 23.4 Å². The van der Waals surface area contributed by atoms with Gasteiger partial charge in [0.15, 0.2) is 0 Å². The van der Waals surface area contributed by atoms with Crippen molar-refractivity contribution in [3.05, 3.63) is 83.2 Å². The minimum atomic E-state index is -1.21. The van der Waals surface area contributed by atoms with E-state index in [1.807, 2.05) is 70.2 Å². The van der Waals surface area contributed by atoms with Gasteiger partial charge in [0, 0.05) is 12.0 Å². The molecule has 3 rings (SSSR count). The molecule has 0 atom stereocenters. The van der Waals surface area contributed by atoms with E-state index in [2.05, 4.69) is 0 Å². The number of methoxy groups -OCH3 is 1. The van der Waals surface area contributed by atoms with Crippen LogP contribution < -0.4 is 9.47 Å². The first-order valence-corrected chi connectivity index (χ1v) is 12.2. The third-order valence-corrected chi connectivity index (χ3v) is 6.67. The fourth-order valence-corrected chi connectivity index (χ4v) is 4.58. The van der Waals surface area contributed by atoms with Gasteiger partial charge in [-0.15, -0.1) is 0 Å². The fourth-order valence-electron chi connectivity index (χ4n) is 4.58. The van der Waals surface area contributed by atoms with Crippen LogP contribution in [0.5, 0.6) is 11.5 Å². The van der Waals surface area contributed by atoms with Crippen LogP contribution in [0.1, 0.15) is 50.8 Å². The van der Waals surface area contributed by atoms with Crippen molar-refractivity contribution in [2.24, 2.45) is 11.8 Å². The second-order valence-corrected chi connectivity index (χ2v) is 9.69. The van der Waals surface area contributed by atoms with E-state index in [-0.39, 0.29) is 24.9 Å². The van der Waals surface area contributed by atoms with E-state index in [4.69, 9.17) is 14.6 Å². The maximum atomic E-state index is 15.0. The first-order valence-electron chi connectivity index (χ1n) is 12.2. The molecule has 0 aromatic heterocycles. The highest BCUT2D eigenvalue weighted by Crippen LogP contribution is 2.43. The van der Waals surface area contributed by atoms with E-state index in [1.54, 1.807) is 12.1 Å². The molecule has 0 radical (unpaired) electrons. The van der Waals surface area contributed by atoms with Gasteiger partial charge in [0.2, 0.25) is 0 Å². The lowest BCUT2D eigenvalue weighted by molar-refractivity contribution is -0.136. The summed E-state index contributed by atoms with van der Waals surface area (Å²) in [4.78, 5) is 10.9. The number of aliphatic hydroxyl groups is 1. The van der Waals surface area contributed by atoms with Crippen molar-refractivity contribution in [3.8, 4) is 22.6 Å². The molecule has 6 heteroatoms. The van der Waals surface area contributed by atoms with E-state index in [9.17, 15) is 14.3 Å². The van der Waals surface area contributed by atoms with Gasteiger partial charge >= 0.3 is 5.97 Å². The number of hydrogen-bond donors (Lipinski definition) is 2. The average Bonchev–Trinajstić information content (AvgIpc) is 2.86. The van der Waals surface area contributed by atoms with Crippen LogP contribution in [-0.4, -0.2) is 23.3 Å². The Morgan fingerprint density at radius 3 is 2.28 bits per heavy atom. The Bertz CT molecular complexity index is 1190. The maximum Gasteiger partial charge on any atom is 0.303 e. The van der Waals surface area contributed by atoms with Crippen LogP contribution in [0.3, 0.4) is 0 Å². The molecule has 36 heavy (non-hydrogen) atoms. The Balaban J connectivity index is 2.00. The summed E-state index contributed by atoms with van der Waals surface area (Å²) in [5.74, 6) is -0.340. The predicted octanol–water partition coefficient (Wildman–Crippen LogP) is 6.60. The number of ether oxygens (including phenoxy) is 2. The molecule has 3 aromatic rings. The molecule has 0 aliphatic heterocycles. The van der Waals surface area contributed by atoms with E-state index < -0.39 is 17.4 Å². The van der Waals surface area contributed by atoms with Gasteiger partial charge in [-0.1, -0.05) is 52.0 Å². The molecule has 5 nitrogen and oxygen atoms in total. The van der Waals surface area contributed by atoms with Crippen molar-refractivity contribution >= 4 is 5.97 Å². The lowest BCUT2D eigenvalue weighted by atomic mass is 9.72. The second-order valence-electron chi connectivity index (χ2n) is 9.69. The molecule has 0 aliphatic carbocycles. The largest absolute Gasteiger partial charge is 0.497 e. The molecule has 0 aliphatic rings. The summed E-state index contributed by atoms with van der Waals surface area (Å²) in [5.41, 5.74) is 2.10. The smallest absolute Gasteiger partial charge is 0.303 e. The molecule has 0 amide bonds. The quantitative estimate of drug-likeness (QED) is 0.314. The van der Waals surface area contributed by atoms with Gasteiger partial charge < -0.3 is 19.7 Å². The van der Waals surface area contributed by atoms with E-state index in [0.29, 0.717) is 34.6 Å². The molecule has 0 heterocycles. The van der Waals surface area contributed by atoms with Crippen molar-refractivity contribution in [1.82, 2.24) is 0 Å². The molecule has 0 saturated heterocycles. The Labute approximate surface area is 212 Å². The maximum absolute atomic E-state index is 15.0. The van der Waals surface area contributed by atoms with Crippen molar-refractivity contribution < 1.29 is 28.9 Å². The van der Waals surface area contributed by atoms with Gasteiger partial charge in [-0.2, -0.15) is 0 Å². The number of aliphatic carboxylic acids is 1. The molecule has 0 bridgehead atoms. The van der Waals surface area contributed by atoms with Crippen molar-refractivity contribution in [3.63, 3.8) is 0 Å². The highest BCUT2D eigenvalue weighted by atomic mass is 19.1. The van der Waals surface area contributed by atoms with Gasteiger partial charge in [-0.05, 0) is 76.9 Å². The number of halogens is 1. The summed E-state index contributed by atoms with van der Waals surface area (Å²) in [6.45, 7) is 8.06. The summed E-state index contributed by atoms with van der Waals surface area (Å²) in [6.07, 6.45) is 0.478. The molecule has 192 valence electrons. The number of benzene rings is 3. The minimum absolute atomic E-state index is 0.0537. The lowest BCUT2D eigenvalue weighted by Crippen LogP contribution is -2.38. The first kappa shape index (κ1) is 27.2.